The molecule has 0 radical (unpaired) electrons. The maximum absolute atomic E-state index is 9.78. The highest BCUT2D eigenvalue weighted by molar-refractivity contribution is 6.30. The van der Waals surface area contributed by atoms with Crippen LogP contribution in [-0.2, 0) is 6.54 Å². The van der Waals surface area contributed by atoms with Crippen LogP contribution in [0.1, 0.15) is 12.5 Å². The highest BCUT2D eigenvalue weighted by Crippen LogP contribution is 2.31. The molecule has 112 valence electrons. The van der Waals surface area contributed by atoms with E-state index in [0.29, 0.717) is 29.7 Å². The molecule has 0 aromatic heterocycles. The van der Waals surface area contributed by atoms with E-state index < -0.39 is 0 Å². The van der Waals surface area contributed by atoms with Gasteiger partial charge in [0.2, 0.25) is 0 Å². The first-order valence-electron chi connectivity index (χ1n) is 6.66. The zero-order valence-corrected chi connectivity index (χ0v) is 12.8. The molecule has 4 nitrogen and oxygen atoms in total. The lowest BCUT2D eigenvalue weighted by molar-refractivity contribution is 0.311. The molecule has 21 heavy (non-hydrogen) atoms. The molecule has 0 aliphatic heterocycles. The minimum absolute atomic E-state index is 0.213. The van der Waals surface area contributed by atoms with Crippen LogP contribution in [-0.4, -0.2) is 18.8 Å². The van der Waals surface area contributed by atoms with E-state index in [9.17, 15) is 5.11 Å². The molecule has 0 saturated carbocycles. The zero-order valence-electron chi connectivity index (χ0n) is 12.0. The summed E-state index contributed by atoms with van der Waals surface area (Å²) in [6.07, 6.45) is 0. The Hall–Kier alpha value is -2.07. The van der Waals surface area contributed by atoms with Crippen molar-refractivity contribution in [2.24, 2.45) is 0 Å². The Morgan fingerprint density at radius 1 is 1.14 bits per heavy atom. The summed E-state index contributed by atoms with van der Waals surface area (Å²) in [4.78, 5) is 0. The van der Waals surface area contributed by atoms with Gasteiger partial charge in [0.1, 0.15) is 5.75 Å². The van der Waals surface area contributed by atoms with Gasteiger partial charge < -0.3 is 19.9 Å². The molecule has 2 N–H and O–H groups in total. The first kappa shape index (κ1) is 15.3. The van der Waals surface area contributed by atoms with Gasteiger partial charge in [-0.3, -0.25) is 0 Å². The number of phenolic OH excluding ortho intramolecular Hbond substituents is 1. The molecule has 0 aliphatic carbocycles. The van der Waals surface area contributed by atoms with E-state index in [0.717, 1.165) is 11.3 Å². The molecule has 0 unspecified atom stereocenters. The van der Waals surface area contributed by atoms with Crippen LogP contribution < -0.4 is 14.8 Å². The Morgan fingerprint density at radius 3 is 2.67 bits per heavy atom. The third kappa shape index (κ3) is 3.95. The summed E-state index contributed by atoms with van der Waals surface area (Å²) in [7, 11) is 1.60. The molecule has 0 fully saturated rings. The van der Waals surface area contributed by atoms with Gasteiger partial charge >= 0.3 is 0 Å². The van der Waals surface area contributed by atoms with Crippen LogP contribution in [0.4, 0.5) is 5.69 Å². The fourth-order valence-corrected chi connectivity index (χ4v) is 2.14. The summed E-state index contributed by atoms with van der Waals surface area (Å²) in [5.41, 5.74) is 1.60. The third-order valence-corrected chi connectivity index (χ3v) is 3.22. The van der Waals surface area contributed by atoms with E-state index in [-0.39, 0.29) is 5.75 Å². The molecule has 0 bridgehead atoms. The van der Waals surface area contributed by atoms with Crippen molar-refractivity contribution >= 4 is 17.3 Å². The average Bonchev–Trinajstić information content (AvgIpc) is 2.49. The Balaban J connectivity index is 2.11. The van der Waals surface area contributed by atoms with E-state index in [1.165, 1.54) is 0 Å². The van der Waals surface area contributed by atoms with Crippen LogP contribution in [0.2, 0.25) is 5.02 Å². The van der Waals surface area contributed by atoms with Crippen molar-refractivity contribution in [3.05, 3.63) is 47.0 Å². The number of benzene rings is 2. The van der Waals surface area contributed by atoms with E-state index in [2.05, 4.69) is 5.32 Å². The second-order valence-electron chi connectivity index (χ2n) is 4.43. The highest BCUT2D eigenvalue weighted by Gasteiger charge is 2.06. The predicted octanol–water partition coefficient (Wildman–Crippen LogP) is 4.07. The summed E-state index contributed by atoms with van der Waals surface area (Å²) in [5.74, 6) is 1.58. The van der Waals surface area contributed by atoms with Crippen molar-refractivity contribution in [3.63, 3.8) is 0 Å². The zero-order chi connectivity index (χ0) is 15.2. The van der Waals surface area contributed by atoms with Gasteiger partial charge in [-0.1, -0.05) is 11.6 Å². The second kappa shape index (κ2) is 7.09. The van der Waals surface area contributed by atoms with Crippen molar-refractivity contribution < 1.29 is 14.6 Å². The molecular formula is C16H18ClNO3. The van der Waals surface area contributed by atoms with Gasteiger partial charge in [-0.2, -0.15) is 0 Å². The monoisotopic (exact) mass is 307 g/mol. The Bertz CT molecular complexity index is 616. The summed E-state index contributed by atoms with van der Waals surface area (Å²) < 4.78 is 10.8. The fraction of sp³-hybridized carbons (Fsp3) is 0.250. The molecule has 0 saturated heterocycles. The number of phenols is 1. The van der Waals surface area contributed by atoms with Crippen molar-refractivity contribution in [2.45, 2.75) is 13.5 Å². The van der Waals surface area contributed by atoms with Crippen molar-refractivity contribution in [1.82, 2.24) is 0 Å². The van der Waals surface area contributed by atoms with Gasteiger partial charge in [-0.25, -0.2) is 0 Å². The SMILES string of the molecule is CCOc1ccc(NCc2cc(Cl)ccc2O)cc1OC. The summed E-state index contributed by atoms with van der Waals surface area (Å²) in [5, 5.41) is 13.6. The van der Waals surface area contributed by atoms with E-state index in [1.54, 1.807) is 25.3 Å². The first-order valence-corrected chi connectivity index (χ1v) is 7.04. The van der Waals surface area contributed by atoms with E-state index >= 15 is 0 Å². The molecule has 0 heterocycles. The summed E-state index contributed by atoms with van der Waals surface area (Å²) in [6, 6.07) is 10.6. The van der Waals surface area contributed by atoms with Crippen LogP contribution in [0.25, 0.3) is 0 Å². The Kier molecular flexibility index (Phi) is 5.17. The van der Waals surface area contributed by atoms with E-state index in [1.807, 2.05) is 25.1 Å². The largest absolute Gasteiger partial charge is 0.508 e. The van der Waals surface area contributed by atoms with Gasteiger partial charge in [-0.15, -0.1) is 0 Å². The number of rotatable bonds is 6. The van der Waals surface area contributed by atoms with Gasteiger partial charge in [0.05, 0.1) is 13.7 Å². The lowest BCUT2D eigenvalue weighted by Gasteiger charge is -2.13. The minimum Gasteiger partial charge on any atom is -0.508 e. The highest BCUT2D eigenvalue weighted by atomic mass is 35.5. The topological polar surface area (TPSA) is 50.7 Å². The average molecular weight is 308 g/mol. The lowest BCUT2D eigenvalue weighted by atomic mass is 10.2. The minimum atomic E-state index is 0.213. The maximum Gasteiger partial charge on any atom is 0.162 e. The third-order valence-electron chi connectivity index (χ3n) is 2.99. The number of methoxy groups -OCH3 is 1. The molecular weight excluding hydrogens is 290 g/mol. The number of hydrogen-bond acceptors (Lipinski definition) is 4. The quantitative estimate of drug-likeness (QED) is 0.845. The second-order valence-corrected chi connectivity index (χ2v) is 4.86. The Morgan fingerprint density at radius 2 is 1.95 bits per heavy atom. The van der Waals surface area contributed by atoms with Gasteiger partial charge in [0.15, 0.2) is 11.5 Å². The van der Waals surface area contributed by atoms with Gasteiger partial charge in [0.25, 0.3) is 0 Å². The number of anilines is 1. The van der Waals surface area contributed by atoms with Crippen LogP contribution >= 0.6 is 11.6 Å². The fourth-order valence-electron chi connectivity index (χ4n) is 1.95. The van der Waals surface area contributed by atoms with Crippen LogP contribution in [0, 0.1) is 0 Å². The number of hydrogen-bond donors (Lipinski definition) is 2. The molecule has 0 atom stereocenters. The number of aromatic hydroxyl groups is 1. The number of nitrogens with one attached hydrogen (secondary N) is 1. The number of halogens is 1. The lowest BCUT2D eigenvalue weighted by Crippen LogP contribution is -2.01. The predicted molar refractivity (Wildman–Crippen MR) is 84.6 cm³/mol. The Labute approximate surface area is 129 Å². The number of ether oxygens (including phenoxy) is 2. The van der Waals surface area contributed by atoms with E-state index in [4.69, 9.17) is 21.1 Å². The summed E-state index contributed by atoms with van der Waals surface area (Å²) in [6.45, 7) is 2.97. The normalized spacial score (nSPS) is 10.2. The summed E-state index contributed by atoms with van der Waals surface area (Å²) >= 11 is 5.93. The molecule has 2 aromatic rings. The first-order chi connectivity index (χ1) is 10.1. The molecule has 0 spiro atoms. The van der Waals surface area contributed by atoms with Gasteiger partial charge in [-0.05, 0) is 37.3 Å². The van der Waals surface area contributed by atoms with Crippen LogP contribution in [0.15, 0.2) is 36.4 Å². The maximum atomic E-state index is 9.78. The molecule has 2 aromatic carbocycles. The smallest absolute Gasteiger partial charge is 0.162 e. The van der Waals surface area contributed by atoms with Crippen LogP contribution in [0.3, 0.4) is 0 Å². The standard InChI is InChI=1S/C16H18ClNO3/c1-3-21-15-7-5-13(9-16(15)20-2)18-10-11-8-12(17)4-6-14(11)19/h4-9,18-19H,3,10H2,1-2H3. The molecule has 2 rings (SSSR count). The molecule has 0 amide bonds. The van der Waals surface area contributed by atoms with Gasteiger partial charge in [0, 0.05) is 28.9 Å². The van der Waals surface area contributed by atoms with Crippen molar-refractivity contribution in [1.29, 1.82) is 0 Å². The molecule has 5 heteroatoms. The molecule has 0 aliphatic rings. The van der Waals surface area contributed by atoms with Crippen LogP contribution in [0.5, 0.6) is 17.2 Å². The van der Waals surface area contributed by atoms with Crippen molar-refractivity contribution in [3.8, 4) is 17.2 Å². The van der Waals surface area contributed by atoms with Crippen molar-refractivity contribution in [2.75, 3.05) is 19.0 Å².